The SMILES string of the molecule is Cn1ncc(C(=O)N2CCN(S(=O)(=O)c3ccc(Cl)s3)CC2)c1-n1cccc1. The molecule has 3 aromatic heterocycles. The summed E-state index contributed by atoms with van der Waals surface area (Å²) in [5, 5.41) is 4.22. The molecule has 3 aromatic rings. The van der Waals surface area contributed by atoms with Crippen molar-refractivity contribution in [3.63, 3.8) is 0 Å². The zero-order chi connectivity index (χ0) is 19.9. The second-order valence-electron chi connectivity index (χ2n) is 6.35. The maximum Gasteiger partial charge on any atom is 0.259 e. The molecule has 0 aromatic carbocycles. The zero-order valence-electron chi connectivity index (χ0n) is 15.0. The number of aromatic nitrogens is 3. The van der Waals surface area contributed by atoms with Crippen LogP contribution in [0.15, 0.2) is 47.1 Å². The Labute approximate surface area is 171 Å². The summed E-state index contributed by atoms with van der Waals surface area (Å²) in [6.07, 6.45) is 5.25. The summed E-state index contributed by atoms with van der Waals surface area (Å²) in [6.45, 7) is 1.11. The van der Waals surface area contributed by atoms with E-state index in [-0.39, 0.29) is 23.2 Å². The first-order chi connectivity index (χ1) is 13.4. The molecule has 148 valence electrons. The number of nitrogens with zero attached hydrogens (tertiary/aromatic N) is 5. The molecule has 8 nitrogen and oxygen atoms in total. The summed E-state index contributed by atoms with van der Waals surface area (Å²) >= 11 is 6.91. The fourth-order valence-electron chi connectivity index (χ4n) is 3.23. The summed E-state index contributed by atoms with van der Waals surface area (Å²) in [5.74, 6) is 0.520. The van der Waals surface area contributed by atoms with Crippen LogP contribution in [0.5, 0.6) is 0 Å². The first kappa shape index (κ1) is 19.2. The van der Waals surface area contributed by atoms with E-state index in [4.69, 9.17) is 11.6 Å². The lowest BCUT2D eigenvalue weighted by Crippen LogP contribution is -2.50. The fraction of sp³-hybridized carbons (Fsp3) is 0.294. The van der Waals surface area contributed by atoms with Crippen molar-refractivity contribution in [2.24, 2.45) is 7.05 Å². The molecule has 1 aliphatic heterocycles. The van der Waals surface area contributed by atoms with Crippen LogP contribution in [-0.2, 0) is 17.1 Å². The van der Waals surface area contributed by atoms with E-state index < -0.39 is 10.0 Å². The molecular formula is C17H18ClN5O3S2. The van der Waals surface area contributed by atoms with Crippen LogP contribution in [0.4, 0.5) is 0 Å². The lowest BCUT2D eigenvalue weighted by Gasteiger charge is -2.33. The molecule has 0 saturated carbocycles. The molecule has 4 rings (SSSR count). The highest BCUT2D eigenvalue weighted by molar-refractivity contribution is 7.91. The third-order valence-corrected chi connectivity index (χ3v) is 8.25. The first-order valence-corrected chi connectivity index (χ1v) is 11.2. The van der Waals surface area contributed by atoms with Gasteiger partial charge in [0.15, 0.2) is 0 Å². The standard InChI is InChI=1S/C17H18ClN5O3S2/c1-20-16(21-6-2-3-7-21)13(12-19-20)17(24)22-8-10-23(11-9-22)28(25,26)15-5-4-14(18)27-15/h2-7,12H,8-11H2,1H3. The molecule has 1 saturated heterocycles. The van der Waals surface area contributed by atoms with Crippen LogP contribution in [0.3, 0.4) is 0 Å². The van der Waals surface area contributed by atoms with Gasteiger partial charge < -0.3 is 9.47 Å². The second-order valence-corrected chi connectivity index (χ2v) is 10.2. The molecular weight excluding hydrogens is 422 g/mol. The maximum absolute atomic E-state index is 13.0. The molecule has 0 bridgehead atoms. The Morgan fingerprint density at radius 1 is 1.14 bits per heavy atom. The van der Waals surface area contributed by atoms with Crippen molar-refractivity contribution in [2.45, 2.75) is 4.21 Å². The molecule has 0 unspecified atom stereocenters. The predicted molar refractivity (Wildman–Crippen MR) is 107 cm³/mol. The van der Waals surface area contributed by atoms with Gasteiger partial charge in [-0.15, -0.1) is 11.3 Å². The van der Waals surface area contributed by atoms with Gasteiger partial charge >= 0.3 is 0 Å². The molecule has 0 atom stereocenters. The smallest absolute Gasteiger partial charge is 0.259 e. The number of hydrogen-bond donors (Lipinski definition) is 0. The van der Waals surface area contributed by atoms with E-state index in [1.807, 2.05) is 29.1 Å². The molecule has 28 heavy (non-hydrogen) atoms. The van der Waals surface area contributed by atoms with Crippen LogP contribution in [0.2, 0.25) is 4.34 Å². The van der Waals surface area contributed by atoms with Crippen molar-refractivity contribution in [3.8, 4) is 5.82 Å². The Kier molecular flexibility index (Phi) is 5.04. The average Bonchev–Trinajstić information content (AvgIpc) is 3.42. The van der Waals surface area contributed by atoms with E-state index in [0.29, 0.717) is 28.8 Å². The van der Waals surface area contributed by atoms with Crippen LogP contribution < -0.4 is 0 Å². The molecule has 1 amide bonds. The second kappa shape index (κ2) is 7.36. The maximum atomic E-state index is 13.0. The van der Waals surface area contributed by atoms with Crippen molar-refractivity contribution in [2.75, 3.05) is 26.2 Å². The predicted octanol–water partition coefficient (Wildman–Crippen LogP) is 2.07. The molecule has 0 aliphatic carbocycles. The number of halogens is 1. The number of aryl methyl sites for hydroxylation is 1. The minimum absolute atomic E-state index is 0.159. The molecule has 4 heterocycles. The van der Waals surface area contributed by atoms with Gasteiger partial charge in [0.2, 0.25) is 0 Å². The molecule has 0 radical (unpaired) electrons. The van der Waals surface area contributed by atoms with Crippen LogP contribution in [-0.4, -0.2) is 64.1 Å². The Morgan fingerprint density at radius 2 is 1.82 bits per heavy atom. The van der Waals surface area contributed by atoms with Gasteiger partial charge in [-0.3, -0.25) is 9.48 Å². The van der Waals surface area contributed by atoms with E-state index in [9.17, 15) is 13.2 Å². The minimum atomic E-state index is -3.59. The van der Waals surface area contributed by atoms with Gasteiger partial charge in [-0.25, -0.2) is 8.42 Å². The Balaban J connectivity index is 1.50. The van der Waals surface area contributed by atoms with E-state index in [1.54, 1.807) is 28.9 Å². The third kappa shape index (κ3) is 3.37. The van der Waals surface area contributed by atoms with Gasteiger partial charge in [-0.1, -0.05) is 11.6 Å². The van der Waals surface area contributed by atoms with Crippen molar-refractivity contribution in [1.82, 2.24) is 23.6 Å². The van der Waals surface area contributed by atoms with E-state index in [2.05, 4.69) is 5.10 Å². The van der Waals surface area contributed by atoms with Crippen LogP contribution >= 0.6 is 22.9 Å². The van der Waals surface area contributed by atoms with Gasteiger partial charge in [0.1, 0.15) is 15.6 Å². The Hall–Kier alpha value is -2.14. The van der Waals surface area contributed by atoms with E-state index in [0.717, 1.165) is 11.3 Å². The van der Waals surface area contributed by atoms with Crippen LogP contribution in [0.25, 0.3) is 5.82 Å². The normalized spacial score (nSPS) is 15.9. The topological polar surface area (TPSA) is 80.4 Å². The van der Waals surface area contributed by atoms with Gasteiger partial charge in [0.25, 0.3) is 15.9 Å². The molecule has 1 aliphatic rings. The summed E-state index contributed by atoms with van der Waals surface area (Å²) in [4.78, 5) is 14.7. The molecule has 1 fully saturated rings. The van der Waals surface area contributed by atoms with E-state index in [1.165, 1.54) is 10.4 Å². The monoisotopic (exact) mass is 439 g/mol. The highest BCUT2D eigenvalue weighted by Gasteiger charge is 2.32. The molecule has 11 heteroatoms. The third-order valence-electron chi connectivity index (χ3n) is 4.66. The van der Waals surface area contributed by atoms with Gasteiger partial charge in [0, 0.05) is 45.6 Å². The Morgan fingerprint density at radius 3 is 2.43 bits per heavy atom. The number of carbonyl (C=O) groups excluding carboxylic acids is 1. The highest BCUT2D eigenvalue weighted by Crippen LogP contribution is 2.29. The summed E-state index contributed by atoms with van der Waals surface area (Å²) in [6, 6.07) is 6.84. The number of rotatable bonds is 4. The van der Waals surface area contributed by atoms with Crippen molar-refractivity contribution in [3.05, 3.63) is 52.8 Å². The van der Waals surface area contributed by atoms with Crippen molar-refractivity contribution < 1.29 is 13.2 Å². The largest absolute Gasteiger partial charge is 0.336 e. The number of piperazine rings is 1. The fourth-order valence-corrected chi connectivity index (χ4v) is 6.29. The van der Waals surface area contributed by atoms with E-state index >= 15 is 0 Å². The highest BCUT2D eigenvalue weighted by atomic mass is 35.5. The zero-order valence-corrected chi connectivity index (χ0v) is 17.4. The summed E-state index contributed by atoms with van der Waals surface area (Å²) < 4.78 is 31.0. The molecule has 0 spiro atoms. The number of carbonyl (C=O) groups is 1. The number of hydrogen-bond acceptors (Lipinski definition) is 5. The van der Waals surface area contributed by atoms with Gasteiger partial charge in [-0.2, -0.15) is 9.40 Å². The van der Waals surface area contributed by atoms with Gasteiger partial charge in [-0.05, 0) is 24.3 Å². The number of amides is 1. The quantitative estimate of drug-likeness (QED) is 0.623. The van der Waals surface area contributed by atoms with Gasteiger partial charge in [0.05, 0.1) is 10.5 Å². The van der Waals surface area contributed by atoms with Crippen LogP contribution in [0, 0.1) is 0 Å². The summed E-state index contributed by atoms with van der Waals surface area (Å²) in [5.41, 5.74) is 0.486. The lowest BCUT2D eigenvalue weighted by molar-refractivity contribution is 0.0698. The van der Waals surface area contributed by atoms with Crippen molar-refractivity contribution >= 4 is 38.9 Å². The van der Waals surface area contributed by atoms with Crippen molar-refractivity contribution in [1.29, 1.82) is 0 Å². The average molecular weight is 440 g/mol. The minimum Gasteiger partial charge on any atom is -0.336 e. The molecule has 0 N–H and O–H groups in total. The number of thiophene rings is 1. The Bertz CT molecular complexity index is 1100. The first-order valence-electron chi connectivity index (χ1n) is 8.58. The van der Waals surface area contributed by atoms with Crippen LogP contribution in [0.1, 0.15) is 10.4 Å². The lowest BCUT2D eigenvalue weighted by atomic mass is 10.2. The number of sulfonamides is 1. The summed E-state index contributed by atoms with van der Waals surface area (Å²) in [7, 11) is -1.81.